The second-order valence-corrected chi connectivity index (χ2v) is 8.08. The Morgan fingerprint density at radius 2 is 1.85 bits per heavy atom. The molecule has 0 N–H and O–H groups in total. The maximum Gasteiger partial charge on any atom is 0.273 e. The summed E-state index contributed by atoms with van der Waals surface area (Å²) >= 11 is 3.18. The fourth-order valence-corrected chi connectivity index (χ4v) is 4.54. The number of rotatable bonds is 4. The number of piperazine rings is 1. The van der Waals surface area contributed by atoms with Crippen molar-refractivity contribution >= 4 is 28.6 Å². The monoisotopic (exact) mass is 387 g/mol. The van der Waals surface area contributed by atoms with Crippen molar-refractivity contribution in [3.8, 4) is 10.6 Å². The average molecular weight is 388 g/mol. The first-order valence-electron chi connectivity index (χ1n) is 8.44. The Bertz CT molecular complexity index is 869. The van der Waals surface area contributed by atoms with Crippen LogP contribution in [0.1, 0.15) is 15.4 Å². The first-order valence-corrected chi connectivity index (χ1v) is 10.2. The summed E-state index contributed by atoms with van der Waals surface area (Å²) in [4.78, 5) is 22.8. The van der Waals surface area contributed by atoms with Crippen LogP contribution in [-0.2, 0) is 6.54 Å². The van der Waals surface area contributed by atoms with Crippen LogP contribution in [0.15, 0.2) is 47.2 Å². The lowest BCUT2D eigenvalue weighted by Crippen LogP contribution is -2.48. The molecule has 26 heavy (non-hydrogen) atoms. The third kappa shape index (κ3) is 3.85. The minimum absolute atomic E-state index is 0.0228. The molecule has 0 spiro atoms. The van der Waals surface area contributed by atoms with Crippen LogP contribution in [0.25, 0.3) is 10.6 Å². The van der Waals surface area contributed by atoms with Crippen molar-refractivity contribution in [3.63, 3.8) is 0 Å². The predicted octanol–water partition coefficient (Wildman–Crippen LogP) is 3.97. The van der Waals surface area contributed by atoms with Gasteiger partial charge >= 0.3 is 0 Å². The van der Waals surface area contributed by atoms with Crippen LogP contribution in [0.4, 0.5) is 4.39 Å². The number of carbonyl (C=O) groups is 1. The molecule has 7 heteroatoms. The van der Waals surface area contributed by atoms with Gasteiger partial charge in [-0.05, 0) is 35.7 Å². The van der Waals surface area contributed by atoms with Crippen molar-refractivity contribution in [2.45, 2.75) is 6.54 Å². The number of thiophene rings is 1. The molecule has 1 aliphatic rings. The molecule has 0 saturated carbocycles. The van der Waals surface area contributed by atoms with E-state index in [1.165, 1.54) is 28.3 Å². The summed E-state index contributed by atoms with van der Waals surface area (Å²) in [6.07, 6.45) is 0. The maximum atomic E-state index is 13.0. The lowest BCUT2D eigenvalue weighted by molar-refractivity contribution is 0.0625. The van der Waals surface area contributed by atoms with Crippen LogP contribution in [0, 0.1) is 5.82 Å². The van der Waals surface area contributed by atoms with Crippen LogP contribution in [0.3, 0.4) is 0 Å². The second-order valence-electron chi connectivity index (χ2n) is 6.19. The summed E-state index contributed by atoms with van der Waals surface area (Å²) in [6, 6.07) is 10.4. The van der Waals surface area contributed by atoms with Gasteiger partial charge in [-0.3, -0.25) is 9.69 Å². The van der Waals surface area contributed by atoms with Crippen LogP contribution >= 0.6 is 22.7 Å². The van der Waals surface area contributed by atoms with Crippen LogP contribution < -0.4 is 0 Å². The van der Waals surface area contributed by atoms with E-state index >= 15 is 0 Å². The van der Waals surface area contributed by atoms with Crippen molar-refractivity contribution in [2.24, 2.45) is 0 Å². The summed E-state index contributed by atoms with van der Waals surface area (Å²) in [5.74, 6) is -0.299. The third-order valence-electron chi connectivity index (χ3n) is 4.43. The Kier molecular flexibility index (Phi) is 5.10. The number of amides is 1. The molecule has 4 nitrogen and oxygen atoms in total. The molecule has 4 rings (SSSR count). The van der Waals surface area contributed by atoms with Gasteiger partial charge in [0.25, 0.3) is 5.91 Å². The molecule has 1 aliphatic heterocycles. The molecule has 0 atom stereocenters. The minimum Gasteiger partial charge on any atom is -0.335 e. The van der Waals surface area contributed by atoms with Gasteiger partial charge in [0.1, 0.15) is 16.5 Å². The zero-order valence-corrected chi connectivity index (χ0v) is 15.7. The van der Waals surface area contributed by atoms with Crippen molar-refractivity contribution in [1.29, 1.82) is 0 Å². The Morgan fingerprint density at radius 3 is 2.54 bits per heavy atom. The normalized spacial score (nSPS) is 15.3. The highest BCUT2D eigenvalue weighted by molar-refractivity contribution is 7.13. The van der Waals surface area contributed by atoms with E-state index in [2.05, 4.69) is 27.4 Å². The van der Waals surface area contributed by atoms with Crippen molar-refractivity contribution in [3.05, 3.63) is 63.5 Å². The molecule has 0 aliphatic carbocycles. The topological polar surface area (TPSA) is 36.4 Å². The summed E-state index contributed by atoms with van der Waals surface area (Å²) < 4.78 is 13.0. The number of carbonyl (C=O) groups excluding carboxylic acids is 1. The molecule has 0 bridgehead atoms. The van der Waals surface area contributed by atoms with Crippen LogP contribution in [0.5, 0.6) is 0 Å². The molecule has 3 heterocycles. The van der Waals surface area contributed by atoms with Gasteiger partial charge in [0.2, 0.25) is 0 Å². The van der Waals surface area contributed by atoms with Gasteiger partial charge in [-0.2, -0.15) is 0 Å². The van der Waals surface area contributed by atoms with E-state index in [-0.39, 0.29) is 11.7 Å². The Balaban J connectivity index is 1.37. The highest BCUT2D eigenvalue weighted by Crippen LogP contribution is 2.25. The highest BCUT2D eigenvalue weighted by atomic mass is 32.1. The largest absolute Gasteiger partial charge is 0.335 e. The van der Waals surface area contributed by atoms with Crippen molar-refractivity contribution in [2.75, 3.05) is 26.2 Å². The van der Waals surface area contributed by atoms with Gasteiger partial charge in [0.15, 0.2) is 0 Å². The minimum atomic E-state index is -0.276. The number of benzene rings is 1. The van der Waals surface area contributed by atoms with Gasteiger partial charge in [-0.15, -0.1) is 22.7 Å². The van der Waals surface area contributed by atoms with Gasteiger partial charge in [0, 0.05) is 48.5 Å². The standard InChI is InChI=1S/C19H18FN3OS2/c20-15-5-3-14(4-6-15)18-21-17(13-26-18)19(24)23-9-7-22(8-10-23)12-16-2-1-11-25-16/h1-6,11,13H,7-10,12H2. The fraction of sp³-hybridized carbons (Fsp3) is 0.263. The Hall–Kier alpha value is -2.09. The van der Waals surface area contributed by atoms with Gasteiger partial charge in [-0.25, -0.2) is 9.37 Å². The molecule has 1 amide bonds. The Labute approximate surface area is 159 Å². The van der Waals surface area contributed by atoms with E-state index in [0.29, 0.717) is 18.8 Å². The number of aromatic nitrogens is 1. The molecule has 1 aromatic carbocycles. The third-order valence-corrected chi connectivity index (χ3v) is 6.19. The SMILES string of the molecule is O=C(c1csc(-c2ccc(F)cc2)n1)N1CCN(Cc2cccs2)CC1. The van der Waals surface area contributed by atoms with Crippen molar-refractivity contribution in [1.82, 2.24) is 14.8 Å². The number of halogens is 1. The molecule has 134 valence electrons. The Morgan fingerprint density at radius 1 is 1.08 bits per heavy atom. The molecule has 1 saturated heterocycles. The van der Waals surface area contributed by atoms with E-state index in [9.17, 15) is 9.18 Å². The molecule has 3 aromatic rings. The molecule has 0 radical (unpaired) electrons. The van der Waals surface area contributed by atoms with E-state index in [4.69, 9.17) is 0 Å². The summed E-state index contributed by atoms with van der Waals surface area (Å²) in [7, 11) is 0. The maximum absolute atomic E-state index is 13.0. The van der Waals surface area contributed by atoms with E-state index in [1.54, 1.807) is 28.8 Å². The molecule has 2 aromatic heterocycles. The second kappa shape index (κ2) is 7.65. The molecule has 1 fully saturated rings. The number of nitrogens with zero attached hydrogens (tertiary/aromatic N) is 3. The zero-order valence-electron chi connectivity index (χ0n) is 14.1. The first-order chi connectivity index (χ1) is 12.7. The lowest BCUT2D eigenvalue weighted by Gasteiger charge is -2.34. The molecule has 0 unspecified atom stereocenters. The average Bonchev–Trinajstić information content (AvgIpc) is 3.34. The van der Waals surface area contributed by atoms with Crippen molar-refractivity contribution < 1.29 is 9.18 Å². The summed E-state index contributed by atoms with van der Waals surface area (Å²) in [5.41, 5.74) is 1.30. The van der Waals surface area contributed by atoms with Crippen LogP contribution in [-0.4, -0.2) is 46.9 Å². The summed E-state index contributed by atoms with van der Waals surface area (Å²) in [5, 5.41) is 4.62. The fourth-order valence-electron chi connectivity index (χ4n) is 2.99. The zero-order chi connectivity index (χ0) is 17.9. The van der Waals surface area contributed by atoms with E-state index in [0.717, 1.165) is 30.2 Å². The summed E-state index contributed by atoms with van der Waals surface area (Å²) in [6.45, 7) is 4.13. The van der Waals surface area contributed by atoms with Gasteiger partial charge < -0.3 is 4.90 Å². The highest BCUT2D eigenvalue weighted by Gasteiger charge is 2.24. The quantitative estimate of drug-likeness (QED) is 0.680. The smallest absolute Gasteiger partial charge is 0.273 e. The lowest BCUT2D eigenvalue weighted by atomic mass is 10.2. The molecular formula is C19H18FN3OS2. The molecular weight excluding hydrogens is 369 g/mol. The van der Waals surface area contributed by atoms with Gasteiger partial charge in [0.05, 0.1) is 0 Å². The number of hydrogen-bond acceptors (Lipinski definition) is 5. The van der Waals surface area contributed by atoms with E-state index in [1.807, 2.05) is 4.90 Å². The predicted molar refractivity (Wildman–Crippen MR) is 103 cm³/mol. The van der Waals surface area contributed by atoms with E-state index < -0.39 is 0 Å². The number of hydrogen-bond donors (Lipinski definition) is 0. The van der Waals surface area contributed by atoms with Gasteiger partial charge in [-0.1, -0.05) is 6.07 Å². The first kappa shape index (κ1) is 17.3. The van der Waals surface area contributed by atoms with Crippen LogP contribution in [0.2, 0.25) is 0 Å². The number of thiazole rings is 1.